The van der Waals surface area contributed by atoms with Gasteiger partial charge in [-0.05, 0) is 35.7 Å². The fourth-order valence-electron chi connectivity index (χ4n) is 4.35. The number of cyclic esters (lactones) is 1. The minimum absolute atomic E-state index is 0.0746. The van der Waals surface area contributed by atoms with Crippen molar-refractivity contribution in [2.75, 3.05) is 18.1 Å². The number of ether oxygens (including phenoxy) is 2. The van der Waals surface area contributed by atoms with Crippen molar-refractivity contribution in [1.29, 1.82) is 0 Å². The van der Waals surface area contributed by atoms with Crippen molar-refractivity contribution in [2.45, 2.75) is 52.3 Å². The molecule has 0 N–H and O–H groups in total. The fourth-order valence-corrected chi connectivity index (χ4v) is 5.37. The van der Waals surface area contributed by atoms with Gasteiger partial charge in [-0.25, -0.2) is 24.0 Å². The fraction of sp³-hybridized carbons (Fsp3) is 0.423. The molecule has 1 fully saturated rings. The summed E-state index contributed by atoms with van der Waals surface area (Å²) in [6, 6.07) is 8.53. The van der Waals surface area contributed by atoms with Gasteiger partial charge in [0.25, 0.3) is 0 Å². The molecule has 5 rings (SSSR count). The smallest absolute Gasteiger partial charge is 0.415 e. The molecule has 1 amide bonds. The van der Waals surface area contributed by atoms with E-state index in [1.807, 2.05) is 18.2 Å². The second-order valence-corrected chi connectivity index (χ2v) is 17.0. The Morgan fingerprint density at radius 3 is 2.74 bits per heavy atom. The zero-order valence-electron chi connectivity index (χ0n) is 22.3. The molecule has 0 saturated carbocycles. The molecule has 12 heteroatoms. The molecule has 0 bridgehead atoms. The number of nitrogens with zero attached hydrogens (tertiary/aromatic N) is 7. The molecule has 0 aliphatic carbocycles. The highest BCUT2D eigenvalue weighted by Gasteiger charge is 2.37. The van der Waals surface area contributed by atoms with Crippen molar-refractivity contribution < 1.29 is 14.3 Å². The second kappa shape index (κ2) is 10.5. The summed E-state index contributed by atoms with van der Waals surface area (Å²) in [5, 5.41) is 9.29. The molecule has 0 unspecified atom stereocenters. The lowest BCUT2D eigenvalue weighted by Crippen LogP contribution is -2.37. The van der Waals surface area contributed by atoms with Gasteiger partial charge in [0.05, 0.1) is 17.3 Å². The van der Waals surface area contributed by atoms with Crippen molar-refractivity contribution in [3.63, 3.8) is 0 Å². The second-order valence-electron chi connectivity index (χ2n) is 11.0. The van der Waals surface area contributed by atoms with Gasteiger partial charge in [-0.2, -0.15) is 10.2 Å². The summed E-state index contributed by atoms with van der Waals surface area (Å²) in [6.07, 6.45) is 4.66. The highest BCUT2D eigenvalue weighted by atomic mass is 35.5. The van der Waals surface area contributed by atoms with E-state index in [9.17, 15) is 4.79 Å². The molecule has 0 spiro atoms. The van der Waals surface area contributed by atoms with E-state index in [4.69, 9.17) is 26.1 Å². The van der Waals surface area contributed by atoms with Crippen molar-refractivity contribution in [3.05, 3.63) is 48.0 Å². The number of carbonyl (C=O) groups is 1. The summed E-state index contributed by atoms with van der Waals surface area (Å²) in [7, 11) is -1.17. The molecule has 1 aromatic carbocycles. The summed E-state index contributed by atoms with van der Waals surface area (Å²) < 4.78 is 14.6. The first-order chi connectivity index (χ1) is 18.1. The molecule has 38 heavy (non-hydrogen) atoms. The van der Waals surface area contributed by atoms with Crippen molar-refractivity contribution in [2.24, 2.45) is 5.92 Å². The maximum absolute atomic E-state index is 12.5. The summed E-state index contributed by atoms with van der Waals surface area (Å²) in [6.45, 7) is 12.4. The van der Waals surface area contributed by atoms with Crippen LogP contribution in [0.4, 0.5) is 10.6 Å². The van der Waals surface area contributed by atoms with Crippen LogP contribution in [0.2, 0.25) is 30.7 Å². The number of carbonyl (C=O) groups excluding carboxylic acids is 1. The Morgan fingerprint density at radius 2 is 2.00 bits per heavy atom. The molecule has 4 aromatic rings. The quantitative estimate of drug-likeness (QED) is 0.196. The predicted molar refractivity (Wildman–Crippen MR) is 149 cm³/mol. The van der Waals surface area contributed by atoms with Crippen molar-refractivity contribution >= 4 is 37.2 Å². The highest BCUT2D eigenvalue weighted by Crippen LogP contribution is 2.34. The van der Waals surface area contributed by atoms with Crippen LogP contribution in [0, 0.1) is 5.92 Å². The van der Waals surface area contributed by atoms with Crippen LogP contribution >= 0.6 is 11.6 Å². The van der Waals surface area contributed by atoms with Gasteiger partial charge in [0, 0.05) is 32.0 Å². The third kappa shape index (κ3) is 5.31. The van der Waals surface area contributed by atoms with E-state index in [1.165, 1.54) is 6.33 Å². The van der Waals surface area contributed by atoms with Crippen LogP contribution in [0.25, 0.3) is 28.2 Å². The van der Waals surface area contributed by atoms with E-state index in [0.717, 1.165) is 22.7 Å². The molecule has 3 aromatic heterocycles. The molecule has 1 aliphatic rings. The SMILES string of the molecule is CC(C)[C@H]1COC(=O)N1c1ccn2ncc(-c3ccc(-c4ncnn4COCC[Si](C)(C)C)c(Cl)c3)c2n1. The normalized spacial score (nSPS) is 16.1. The summed E-state index contributed by atoms with van der Waals surface area (Å²) >= 11 is 6.76. The van der Waals surface area contributed by atoms with Gasteiger partial charge in [-0.3, -0.25) is 4.90 Å². The minimum atomic E-state index is -1.17. The predicted octanol–water partition coefficient (Wildman–Crippen LogP) is 5.60. The Balaban J connectivity index is 1.41. The van der Waals surface area contributed by atoms with Gasteiger partial charge >= 0.3 is 6.09 Å². The van der Waals surface area contributed by atoms with E-state index in [1.54, 1.807) is 32.6 Å². The number of hydrogen-bond donors (Lipinski definition) is 0. The molecule has 1 aliphatic heterocycles. The third-order valence-corrected chi connectivity index (χ3v) is 8.64. The molecular weight excluding hydrogens is 522 g/mol. The topological polar surface area (TPSA) is 99.7 Å². The van der Waals surface area contributed by atoms with Crippen LogP contribution in [-0.2, 0) is 16.2 Å². The van der Waals surface area contributed by atoms with Gasteiger partial charge in [-0.15, -0.1) is 0 Å². The Kier molecular flexibility index (Phi) is 7.25. The molecule has 0 radical (unpaired) electrons. The number of hydrogen-bond acceptors (Lipinski definition) is 7. The lowest BCUT2D eigenvalue weighted by molar-refractivity contribution is 0.0796. The Morgan fingerprint density at radius 1 is 1.18 bits per heavy atom. The summed E-state index contributed by atoms with van der Waals surface area (Å²) in [4.78, 5) is 23.3. The zero-order chi connectivity index (χ0) is 27.0. The van der Waals surface area contributed by atoms with Crippen LogP contribution in [-0.4, -0.2) is 62.8 Å². The average Bonchev–Trinajstić information content (AvgIpc) is 3.59. The molecule has 10 nitrogen and oxygen atoms in total. The maximum atomic E-state index is 12.5. The third-order valence-electron chi connectivity index (χ3n) is 6.62. The monoisotopic (exact) mass is 553 g/mol. The van der Waals surface area contributed by atoms with E-state index in [2.05, 4.69) is 48.7 Å². The first kappa shape index (κ1) is 26.3. The first-order valence-corrected chi connectivity index (χ1v) is 16.8. The van der Waals surface area contributed by atoms with Crippen LogP contribution in [0.1, 0.15) is 13.8 Å². The molecular formula is C26H32ClN7O3Si. The van der Waals surface area contributed by atoms with Crippen LogP contribution in [0.15, 0.2) is 43.0 Å². The standard InChI is InChI=1S/C26H32ClN7O3Si/c1-17(2)22-14-37-26(35)34(22)23-8-9-32-25(31-23)20(13-29-32)18-6-7-19(21(27)12-18)24-28-15-30-33(24)16-36-10-11-38(3,4)5/h6-9,12-13,15,17,22H,10-11,14,16H2,1-5H3/t22-/m1/s1. The van der Waals surface area contributed by atoms with E-state index >= 15 is 0 Å². The molecule has 1 atom stereocenters. The molecule has 1 saturated heterocycles. The highest BCUT2D eigenvalue weighted by molar-refractivity contribution is 6.76. The van der Waals surface area contributed by atoms with Crippen molar-refractivity contribution in [1.82, 2.24) is 29.4 Å². The Hall–Kier alpha value is -3.28. The van der Waals surface area contributed by atoms with E-state index in [0.29, 0.717) is 42.3 Å². The lowest BCUT2D eigenvalue weighted by Gasteiger charge is -2.23. The number of halogens is 1. The van der Waals surface area contributed by atoms with Gasteiger partial charge in [0.15, 0.2) is 11.5 Å². The number of aromatic nitrogens is 6. The minimum Gasteiger partial charge on any atom is -0.447 e. The van der Waals surface area contributed by atoms with Gasteiger partial charge in [0.2, 0.25) is 0 Å². The maximum Gasteiger partial charge on any atom is 0.415 e. The Bertz CT molecular complexity index is 1460. The van der Waals surface area contributed by atoms with Crippen LogP contribution < -0.4 is 4.90 Å². The number of anilines is 1. The lowest BCUT2D eigenvalue weighted by atomic mass is 10.0. The molecule has 200 valence electrons. The van der Waals surface area contributed by atoms with Gasteiger partial charge in [0.1, 0.15) is 25.5 Å². The van der Waals surface area contributed by atoms with Crippen LogP contribution in [0.5, 0.6) is 0 Å². The summed E-state index contributed by atoms with van der Waals surface area (Å²) in [5.74, 6) is 1.40. The Labute approximate surface area is 227 Å². The number of fused-ring (bicyclic) bond motifs is 1. The summed E-state index contributed by atoms with van der Waals surface area (Å²) in [5.41, 5.74) is 3.02. The van der Waals surface area contributed by atoms with E-state index < -0.39 is 8.07 Å². The first-order valence-electron chi connectivity index (χ1n) is 12.7. The number of rotatable bonds is 9. The number of benzene rings is 1. The van der Waals surface area contributed by atoms with Crippen LogP contribution in [0.3, 0.4) is 0 Å². The average molecular weight is 554 g/mol. The molecule has 4 heterocycles. The van der Waals surface area contributed by atoms with Gasteiger partial charge in [-0.1, -0.05) is 51.2 Å². The van der Waals surface area contributed by atoms with Crippen molar-refractivity contribution in [3.8, 4) is 22.5 Å². The zero-order valence-corrected chi connectivity index (χ0v) is 24.0. The largest absolute Gasteiger partial charge is 0.447 e. The number of amides is 1. The van der Waals surface area contributed by atoms with Gasteiger partial charge < -0.3 is 9.47 Å². The van der Waals surface area contributed by atoms with E-state index in [-0.39, 0.29) is 18.1 Å².